The van der Waals surface area contributed by atoms with Crippen molar-refractivity contribution in [2.75, 3.05) is 13.2 Å². The third-order valence-electron chi connectivity index (χ3n) is 7.73. The van der Waals surface area contributed by atoms with Crippen molar-refractivity contribution in [2.24, 2.45) is 9.98 Å². The van der Waals surface area contributed by atoms with Crippen LogP contribution in [0.5, 0.6) is 11.5 Å². The highest BCUT2D eigenvalue weighted by molar-refractivity contribution is 6.44. The maximum atomic E-state index is 15.0. The first-order valence-corrected chi connectivity index (χ1v) is 15.2. The van der Waals surface area contributed by atoms with Gasteiger partial charge in [0.25, 0.3) is 0 Å². The summed E-state index contributed by atoms with van der Waals surface area (Å²) in [5.41, 5.74) is 4.42. The van der Waals surface area contributed by atoms with Gasteiger partial charge in [0.15, 0.2) is 5.84 Å². The van der Waals surface area contributed by atoms with Crippen molar-refractivity contribution >= 4 is 35.5 Å². The summed E-state index contributed by atoms with van der Waals surface area (Å²) in [7, 11) is -2.82. The minimum absolute atomic E-state index is 0.170. The Kier molecular flexibility index (Phi) is 8.87. The molecule has 0 amide bonds. The Bertz CT molecular complexity index is 1810. The predicted molar refractivity (Wildman–Crippen MR) is 176 cm³/mol. The van der Waals surface area contributed by atoms with Crippen LogP contribution in [0.15, 0.2) is 107 Å². The van der Waals surface area contributed by atoms with Gasteiger partial charge < -0.3 is 14.0 Å². The van der Waals surface area contributed by atoms with Gasteiger partial charge in [-0.25, -0.2) is 9.98 Å². The summed E-state index contributed by atoms with van der Waals surface area (Å²) < 4.78 is 42.6. The molecular weight excluding hydrogens is 555 g/mol. The number of aliphatic imine (C=N–C) groups is 2. The number of hydrogen-bond acceptors (Lipinski definition) is 3. The van der Waals surface area contributed by atoms with E-state index in [-0.39, 0.29) is 5.82 Å². The van der Waals surface area contributed by atoms with Crippen molar-refractivity contribution in [2.45, 2.75) is 39.5 Å². The Labute approximate surface area is 257 Å². The molecule has 1 aliphatic rings. The average Bonchev–Trinajstić information content (AvgIpc) is 3.58. The topological polar surface area (TPSA) is 48.1 Å². The quantitative estimate of drug-likeness (QED) is 0.108. The number of halogens is 2. The lowest BCUT2D eigenvalue weighted by Crippen LogP contribution is -2.14. The smallest absolute Gasteiger partial charge is 0.494 e. The molecule has 0 saturated heterocycles. The van der Waals surface area contributed by atoms with Crippen LogP contribution in [0.25, 0.3) is 22.0 Å². The molecule has 0 bridgehead atoms. The molecule has 0 fully saturated rings. The second-order valence-corrected chi connectivity index (χ2v) is 10.8. The summed E-state index contributed by atoms with van der Waals surface area (Å²) in [6, 6.07) is 30.3. The maximum absolute atomic E-state index is 15.0. The van der Waals surface area contributed by atoms with E-state index in [1.165, 1.54) is 0 Å². The zero-order valence-corrected chi connectivity index (χ0v) is 25.0. The number of benzene rings is 4. The summed E-state index contributed by atoms with van der Waals surface area (Å²) in [6.45, 7) is 5.53. The zero-order chi connectivity index (χ0) is 30.5. The molecule has 0 N–H and O–H groups in total. The molecule has 0 saturated carbocycles. The van der Waals surface area contributed by atoms with Gasteiger partial charge in [0.1, 0.15) is 17.3 Å². The molecule has 4 aromatic carbocycles. The number of unbranched alkanes of at least 4 members (excludes halogenated alkanes) is 2. The molecule has 8 heteroatoms. The van der Waals surface area contributed by atoms with Crippen molar-refractivity contribution < 1.29 is 18.1 Å². The largest absolute Gasteiger partial charge is 0.679 e. The normalized spacial score (nSPS) is 13.3. The highest BCUT2D eigenvalue weighted by Gasteiger charge is 2.30. The molecule has 5 nitrogen and oxygen atoms in total. The minimum atomic E-state index is -2.82. The number of fused-ring (bicyclic) bond motifs is 2. The molecule has 0 aliphatic carbocycles. The van der Waals surface area contributed by atoms with Gasteiger partial charge >= 0.3 is 7.40 Å². The van der Waals surface area contributed by atoms with Crippen LogP contribution >= 0.6 is 0 Å². The molecule has 0 radical (unpaired) electrons. The van der Waals surface area contributed by atoms with Crippen molar-refractivity contribution in [1.29, 1.82) is 0 Å². The van der Waals surface area contributed by atoms with E-state index in [0.717, 1.165) is 58.3 Å². The van der Waals surface area contributed by atoms with Crippen LogP contribution in [0.1, 0.15) is 56.2 Å². The summed E-state index contributed by atoms with van der Waals surface area (Å²) in [6.07, 6.45) is 4.06. The van der Waals surface area contributed by atoms with Crippen LogP contribution in [0.4, 0.5) is 14.4 Å². The summed E-state index contributed by atoms with van der Waals surface area (Å²) in [4.78, 5) is 9.78. The highest BCUT2D eigenvalue weighted by atomic mass is 19.2. The van der Waals surface area contributed by atoms with Gasteiger partial charge in [-0.2, -0.15) is 0 Å². The monoisotopic (exact) mass is 589 g/mol. The van der Waals surface area contributed by atoms with Gasteiger partial charge in [-0.3, -0.25) is 8.63 Å². The standard InChI is InChI=1S/C36H34BF2N3O2/c1-3-5-23-43-27-19-15-25(16-20-27)33-29-11-7-9-13-31(29)35(40-33)41-36-32-14-10-8-12-30(32)34(42(36)37(38)39)26-17-21-28(22-18-26)44-24-6-4-2/h7-22H,3-6,23-24H2,1-2H3/b41-35-. The molecule has 222 valence electrons. The van der Waals surface area contributed by atoms with Crippen LogP contribution in [-0.2, 0) is 0 Å². The summed E-state index contributed by atoms with van der Waals surface area (Å²) in [5, 5.41) is 1.33. The zero-order valence-electron chi connectivity index (χ0n) is 25.0. The van der Waals surface area contributed by atoms with E-state index in [9.17, 15) is 8.63 Å². The van der Waals surface area contributed by atoms with E-state index >= 15 is 0 Å². The fourth-order valence-corrected chi connectivity index (χ4v) is 5.45. The van der Waals surface area contributed by atoms with Gasteiger partial charge in [0.2, 0.25) is 0 Å². The van der Waals surface area contributed by atoms with Crippen molar-refractivity contribution in [3.63, 3.8) is 0 Å². The van der Waals surface area contributed by atoms with Crippen LogP contribution in [0, 0.1) is 0 Å². The van der Waals surface area contributed by atoms with Gasteiger partial charge in [-0.15, -0.1) is 0 Å². The lowest BCUT2D eigenvalue weighted by atomic mass is 10.00. The van der Waals surface area contributed by atoms with Crippen molar-refractivity contribution in [1.82, 2.24) is 4.48 Å². The average molecular weight is 589 g/mol. The van der Waals surface area contributed by atoms with Crippen LogP contribution in [0.3, 0.4) is 0 Å². The first kappa shape index (κ1) is 29.4. The highest BCUT2D eigenvalue weighted by Crippen LogP contribution is 2.41. The van der Waals surface area contributed by atoms with E-state index in [1.54, 1.807) is 0 Å². The van der Waals surface area contributed by atoms with E-state index < -0.39 is 7.40 Å². The number of hydrogen-bond donors (Lipinski definition) is 0. The van der Waals surface area contributed by atoms with E-state index in [2.05, 4.69) is 13.8 Å². The Morgan fingerprint density at radius 2 is 1.23 bits per heavy atom. The van der Waals surface area contributed by atoms with E-state index in [1.807, 2.05) is 97.1 Å². The SMILES string of the molecule is CCCCOc1ccc(C2=N/C(=N\c3c4ccccc4c(-c4ccc(OCCCC)cc4)n3B(F)F)c3ccccc32)cc1. The molecule has 0 unspecified atom stereocenters. The second-order valence-electron chi connectivity index (χ2n) is 10.8. The molecular formula is C36H34BF2N3O2. The van der Waals surface area contributed by atoms with Crippen LogP contribution in [0.2, 0.25) is 0 Å². The fraction of sp³-hybridized carbons (Fsp3) is 0.222. The lowest BCUT2D eigenvalue weighted by Gasteiger charge is -2.10. The number of amidine groups is 1. The van der Waals surface area contributed by atoms with Gasteiger partial charge in [-0.05, 0) is 66.9 Å². The number of rotatable bonds is 12. The molecule has 6 rings (SSSR count). The number of nitrogens with zero attached hydrogens (tertiary/aromatic N) is 3. The van der Waals surface area contributed by atoms with Gasteiger partial charge in [0.05, 0.1) is 24.6 Å². The van der Waals surface area contributed by atoms with Crippen molar-refractivity contribution in [3.05, 3.63) is 114 Å². The Morgan fingerprint density at radius 3 is 1.82 bits per heavy atom. The summed E-state index contributed by atoms with van der Waals surface area (Å²) in [5.74, 6) is 2.09. The molecule has 2 heterocycles. The molecule has 0 spiro atoms. The molecule has 5 aromatic rings. The third kappa shape index (κ3) is 5.89. The predicted octanol–water partition coefficient (Wildman–Crippen LogP) is 9.37. The Hall–Kier alpha value is -4.72. The first-order chi connectivity index (χ1) is 21.6. The minimum Gasteiger partial charge on any atom is -0.494 e. The molecule has 1 aliphatic heterocycles. The maximum Gasteiger partial charge on any atom is 0.679 e. The van der Waals surface area contributed by atoms with Crippen LogP contribution in [-0.4, -0.2) is 36.6 Å². The third-order valence-corrected chi connectivity index (χ3v) is 7.73. The number of aromatic nitrogens is 1. The first-order valence-electron chi connectivity index (χ1n) is 15.2. The van der Waals surface area contributed by atoms with Gasteiger partial charge in [0, 0.05) is 27.5 Å². The van der Waals surface area contributed by atoms with Crippen molar-refractivity contribution in [3.8, 4) is 22.8 Å². The summed E-state index contributed by atoms with van der Waals surface area (Å²) >= 11 is 0. The molecule has 44 heavy (non-hydrogen) atoms. The Morgan fingerprint density at radius 1 is 0.682 bits per heavy atom. The van der Waals surface area contributed by atoms with Crippen LogP contribution < -0.4 is 9.47 Å². The van der Waals surface area contributed by atoms with Gasteiger partial charge in [-0.1, -0.05) is 75.2 Å². The Balaban J connectivity index is 1.43. The molecule has 0 atom stereocenters. The molecule has 1 aromatic heterocycles. The second kappa shape index (κ2) is 13.3. The van der Waals surface area contributed by atoms with E-state index in [4.69, 9.17) is 19.5 Å². The fourth-order valence-electron chi connectivity index (χ4n) is 5.45. The number of ether oxygens (including phenoxy) is 2. The lowest BCUT2D eigenvalue weighted by molar-refractivity contribution is 0.309. The van der Waals surface area contributed by atoms with E-state index in [0.29, 0.717) is 46.8 Å².